The van der Waals surface area contributed by atoms with Crippen molar-refractivity contribution in [2.75, 3.05) is 0 Å². The van der Waals surface area contributed by atoms with Crippen molar-refractivity contribution in [3.63, 3.8) is 0 Å². The summed E-state index contributed by atoms with van der Waals surface area (Å²) in [6, 6.07) is 20.7. The zero-order chi connectivity index (χ0) is 25.9. The van der Waals surface area contributed by atoms with E-state index in [0.29, 0.717) is 28.0 Å². The van der Waals surface area contributed by atoms with E-state index < -0.39 is 16.4 Å². The monoisotopic (exact) mass is 505 g/mol. The van der Waals surface area contributed by atoms with Crippen LogP contribution in [-0.4, -0.2) is 19.6 Å². The summed E-state index contributed by atoms with van der Waals surface area (Å²) < 4.78 is 1.53. The SMILES string of the molecule is Cc1cc(C#Cc2cccs2)ccc1-n1c(C=Cc2ccc(O)c([N+](=O)[O-])c2)nc2ccccc2c1=O. The van der Waals surface area contributed by atoms with Gasteiger partial charge >= 0.3 is 5.69 Å². The van der Waals surface area contributed by atoms with E-state index in [4.69, 9.17) is 4.98 Å². The molecule has 3 aromatic carbocycles. The van der Waals surface area contributed by atoms with Gasteiger partial charge in [0.25, 0.3) is 5.56 Å². The second-order valence-electron chi connectivity index (χ2n) is 8.19. The standard InChI is InChI=1S/C29H19N3O4S/c1-19-17-20(8-12-22-5-4-16-37-22)9-13-25(19)31-28(30-24-7-3-2-6-23(24)29(31)34)15-11-21-10-14-27(33)26(18-21)32(35)36/h2-7,9-11,13-18,33H,1H3. The molecule has 1 N–H and O–H groups in total. The van der Waals surface area contributed by atoms with E-state index in [1.807, 2.05) is 48.7 Å². The summed E-state index contributed by atoms with van der Waals surface area (Å²) in [5, 5.41) is 23.4. The number of aryl methyl sites for hydroxylation is 1. The average molecular weight is 506 g/mol. The summed E-state index contributed by atoms with van der Waals surface area (Å²) in [7, 11) is 0. The van der Waals surface area contributed by atoms with Crippen molar-refractivity contribution >= 4 is 40.1 Å². The van der Waals surface area contributed by atoms with Crippen LogP contribution in [0.15, 0.2) is 83.0 Å². The first-order valence-corrected chi connectivity index (χ1v) is 12.1. The molecule has 0 saturated carbocycles. The topological polar surface area (TPSA) is 98.3 Å². The summed E-state index contributed by atoms with van der Waals surface area (Å²) in [6.45, 7) is 1.91. The average Bonchev–Trinajstić information content (AvgIpc) is 3.41. The molecular formula is C29H19N3O4S. The van der Waals surface area contributed by atoms with Gasteiger partial charge in [-0.15, -0.1) is 11.3 Å². The first-order valence-electron chi connectivity index (χ1n) is 11.2. The summed E-state index contributed by atoms with van der Waals surface area (Å²) >= 11 is 1.57. The fraction of sp³-hybridized carbons (Fsp3) is 0.0345. The maximum Gasteiger partial charge on any atom is 0.311 e. The molecular weight excluding hydrogens is 486 g/mol. The second-order valence-corrected chi connectivity index (χ2v) is 9.14. The van der Waals surface area contributed by atoms with Gasteiger partial charge in [0.15, 0.2) is 5.75 Å². The molecule has 0 aliphatic heterocycles. The fourth-order valence-electron chi connectivity index (χ4n) is 3.92. The molecule has 0 atom stereocenters. The summed E-state index contributed by atoms with van der Waals surface area (Å²) in [4.78, 5) is 29.8. The number of nitrogens with zero attached hydrogens (tertiary/aromatic N) is 3. The lowest BCUT2D eigenvalue weighted by molar-refractivity contribution is -0.385. The van der Waals surface area contributed by atoms with Gasteiger partial charge in [0.05, 0.1) is 26.4 Å². The predicted octanol–water partition coefficient (Wildman–Crippen LogP) is 5.94. The van der Waals surface area contributed by atoms with Crippen LogP contribution < -0.4 is 5.56 Å². The van der Waals surface area contributed by atoms with E-state index in [1.54, 1.807) is 47.8 Å². The molecule has 0 aliphatic rings. The smallest absolute Gasteiger partial charge is 0.311 e. The van der Waals surface area contributed by atoms with Crippen molar-refractivity contribution in [2.24, 2.45) is 0 Å². The highest BCUT2D eigenvalue weighted by Crippen LogP contribution is 2.27. The zero-order valence-corrected chi connectivity index (χ0v) is 20.4. The zero-order valence-electron chi connectivity index (χ0n) is 19.6. The summed E-state index contributed by atoms with van der Waals surface area (Å²) in [5.74, 6) is 6.24. The van der Waals surface area contributed by atoms with Gasteiger partial charge in [-0.2, -0.15) is 0 Å². The Kier molecular flexibility index (Phi) is 6.37. The number of fused-ring (bicyclic) bond motifs is 1. The van der Waals surface area contributed by atoms with Crippen LogP contribution in [-0.2, 0) is 0 Å². The van der Waals surface area contributed by atoms with Crippen LogP contribution in [0.2, 0.25) is 0 Å². The Morgan fingerprint density at radius 2 is 1.86 bits per heavy atom. The maximum absolute atomic E-state index is 13.6. The molecule has 0 bridgehead atoms. The van der Waals surface area contributed by atoms with Crippen LogP contribution in [0.25, 0.3) is 28.7 Å². The Balaban J connectivity index is 1.63. The highest BCUT2D eigenvalue weighted by Gasteiger charge is 2.15. The summed E-state index contributed by atoms with van der Waals surface area (Å²) in [6.07, 6.45) is 3.25. The molecule has 5 rings (SSSR count). The van der Waals surface area contributed by atoms with E-state index in [9.17, 15) is 20.0 Å². The van der Waals surface area contributed by atoms with Gasteiger partial charge in [-0.3, -0.25) is 19.5 Å². The lowest BCUT2D eigenvalue weighted by Gasteiger charge is -2.14. The number of nitro benzene ring substituents is 1. The molecule has 0 saturated heterocycles. The van der Waals surface area contributed by atoms with Crippen molar-refractivity contribution < 1.29 is 10.0 Å². The lowest BCUT2D eigenvalue weighted by atomic mass is 10.1. The molecule has 0 spiro atoms. The Morgan fingerprint density at radius 1 is 1.03 bits per heavy atom. The molecule has 2 aromatic heterocycles. The van der Waals surface area contributed by atoms with Crippen LogP contribution in [0.5, 0.6) is 5.75 Å². The Morgan fingerprint density at radius 3 is 2.62 bits per heavy atom. The lowest BCUT2D eigenvalue weighted by Crippen LogP contribution is -2.23. The van der Waals surface area contributed by atoms with E-state index in [0.717, 1.165) is 16.0 Å². The Bertz CT molecular complexity index is 1810. The Hall–Kier alpha value is -5.00. The van der Waals surface area contributed by atoms with Gasteiger partial charge in [0, 0.05) is 11.6 Å². The number of benzene rings is 3. The number of thiophene rings is 1. The molecule has 0 aliphatic carbocycles. The molecule has 0 amide bonds. The molecule has 5 aromatic rings. The molecule has 0 fully saturated rings. The third-order valence-corrected chi connectivity index (χ3v) is 6.50. The molecule has 8 heteroatoms. The van der Waals surface area contributed by atoms with E-state index in [2.05, 4.69) is 11.8 Å². The minimum absolute atomic E-state index is 0.234. The van der Waals surface area contributed by atoms with E-state index >= 15 is 0 Å². The highest BCUT2D eigenvalue weighted by molar-refractivity contribution is 7.10. The minimum atomic E-state index is -0.650. The number of hydrogen-bond donors (Lipinski definition) is 1. The molecule has 180 valence electrons. The van der Waals surface area contributed by atoms with Gasteiger partial charge in [0.1, 0.15) is 5.82 Å². The number of aromatic hydroxyl groups is 1. The number of phenols is 1. The van der Waals surface area contributed by atoms with Gasteiger partial charge in [-0.05, 0) is 72.0 Å². The van der Waals surface area contributed by atoms with Gasteiger partial charge < -0.3 is 5.11 Å². The van der Waals surface area contributed by atoms with Crippen molar-refractivity contribution in [1.82, 2.24) is 9.55 Å². The van der Waals surface area contributed by atoms with Crippen LogP contribution in [0, 0.1) is 28.9 Å². The number of para-hydroxylation sites is 1. The molecule has 2 heterocycles. The van der Waals surface area contributed by atoms with Crippen molar-refractivity contribution in [3.05, 3.63) is 126 Å². The summed E-state index contributed by atoms with van der Waals surface area (Å²) in [5.41, 5.74) is 2.70. The first-order chi connectivity index (χ1) is 17.9. The van der Waals surface area contributed by atoms with Crippen LogP contribution >= 0.6 is 11.3 Å². The van der Waals surface area contributed by atoms with E-state index in [-0.39, 0.29) is 5.56 Å². The molecule has 0 radical (unpaired) electrons. The number of aromatic nitrogens is 2. The van der Waals surface area contributed by atoms with Crippen LogP contribution in [0.4, 0.5) is 5.69 Å². The number of hydrogen-bond acceptors (Lipinski definition) is 6. The van der Waals surface area contributed by atoms with E-state index in [1.165, 1.54) is 16.7 Å². The number of rotatable bonds is 4. The molecule has 7 nitrogen and oxygen atoms in total. The maximum atomic E-state index is 13.6. The second kappa shape index (κ2) is 9.93. The Labute approximate surface area is 215 Å². The minimum Gasteiger partial charge on any atom is -0.502 e. The molecule has 37 heavy (non-hydrogen) atoms. The molecule has 0 unspecified atom stereocenters. The third kappa shape index (κ3) is 4.89. The quantitative estimate of drug-likeness (QED) is 0.185. The highest BCUT2D eigenvalue weighted by atomic mass is 32.1. The number of phenolic OH excluding ortho intramolecular Hbond substituents is 1. The normalized spacial score (nSPS) is 10.9. The van der Waals surface area contributed by atoms with Crippen molar-refractivity contribution in [3.8, 4) is 23.3 Å². The number of nitro groups is 1. The van der Waals surface area contributed by atoms with Crippen molar-refractivity contribution in [2.45, 2.75) is 6.92 Å². The third-order valence-electron chi connectivity index (χ3n) is 5.71. The van der Waals surface area contributed by atoms with Crippen LogP contribution in [0.3, 0.4) is 0 Å². The predicted molar refractivity (Wildman–Crippen MR) is 146 cm³/mol. The first kappa shape index (κ1) is 23.7. The van der Waals surface area contributed by atoms with Gasteiger partial charge in [0.2, 0.25) is 0 Å². The van der Waals surface area contributed by atoms with Crippen molar-refractivity contribution in [1.29, 1.82) is 0 Å². The van der Waals surface area contributed by atoms with Gasteiger partial charge in [-0.25, -0.2) is 4.98 Å². The van der Waals surface area contributed by atoms with Gasteiger partial charge in [-0.1, -0.05) is 42.2 Å². The fourth-order valence-corrected chi connectivity index (χ4v) is 4.49. The van der Waals surface area contributed by atoms with Crippen LogP contribution in [0.1, 0.15) is 27.4 Å². The largest absolute Gasteiger partial charge is 0.502 e.